The molecule has 1 aromatic carbocycles. The van der Waals surface area contributed by atoms with E-state index in [1.807, 2.05) is 0 Å². The molecular formula is C12H15ClN2O3S. The van der Waals surface area contributed by atoms with Gasteiger partial charge in [0.2, 0.25) is 10.0 Å². The maximum absolute atomic E-state index is 11.9. The van der Waals surface area contributed by atoms with Crippen molar-refractivity contribution in [3.05, 3.63) is 28.8 Å². The molecule has 1 saturated carbocycles. The molecule has 1 aliphatic rings. The highest BCUT2D eigenvalue weighted by molar-refractivity contribution is 7.92. The predicted octanol–water partition coefficient (Wildman–Crippen LogP) is 1.85. The van der Waals surface area contributed by atoms with Crippen LogP contribution in [0.15, 0.2) is 18.2 Å². The molecule has 19 heavy (non-hydrogen) atoms. The van der Waals surface area contributed by atoms with Crippen molar-refractivity contribution in [3.8, 4) is 0 Å². The number of hydrogen-bond acceptors (Lipinski definition) is 3. The number of halogens is 1. The van der Waals surface area contributed by atoms with Gasteiger partial charge in [0.05, 0.1) is 17.0 Å². The average Bonchev–Trinajstić information content (AvgIpc) is 3.11. The molecule has 1 amide bonds. The molecule has 1 aromatic rings. The molecular weight excluding hydrogens is 288 g/mol. The Hall–Kier alpha value is -1.27. The highest BCUT2D eigenvalue weighted by Crippen LogP contribution is 2.28. The summed E-state index contributed by atoms with van der Waals surface area (Å²) in [5, 5.41) is 3.07. The molecule has 0 heterocycles. The number of rotatable bonds is 5. The van der Waals surface area contributed by atoms with Crippen LogP contribution in [-0.2, 0) is 10.0 Å². The van der Waals surface area contributed by atoms with Gasteiger partial charge < -0.3 is 5.32 Å². The van der Waals surface area contributed by atoms with Crippen molar-refractivity contribution in [1.29, 1.82) is 0 Å². The van der Waals surface area contributed by atoms with Crippen molar-refractivity contribution in [2.24, 2.45) is 5.92 Å². The maximum Gasteiger partial charge on any atom is 0.251 e. The first-order valence-corrected chi connectivity index (χ1v) is 8.17. The number of carbonyl (C=O) groups excluding carboxylic acids is 1. The van der Waals surface area contributed by atoms with Crippen molar-refractivity contribution in [2.75, 3.05) is 17.5 Å². The van der Waals surface area contributed by atoms with Gasteiger partial charge in [0, 0.05) is 12.1 Å². The smallest absolute Gasteiger partial charge is 0.251 e. The molecule has 0 radical (unpaired) electrons. The lowest BCUT2D eigenvalue weighted by Crippen LogP contribution is -2.25. The average molecular weight is 303 g/mol. The van der Waals surface area contributed by atoms with Crippen LogP contribution in [0.3, 0.4) is 0 Å². The third-order valence-electron chi connectivity index (χ3n) is 2.77. The molecule has 0 saturated heterocycles. The van der Waals surface area contributed by atoms with Gasteiger partial charge in [-0.3, -0.25) is 9.52 Å². The van der Waals surface area contributed by atoms with Crippen molar-refractivity contribution in [3.63, 3.8) is 0 Å². The van der Waals surface area contributed by atoms with E-state index in [1.165, 1.54) is 12.1 Å². The van der Waals surface area contributed by atoms with E-state index in [0.717, 1.165) is 19.1 Å². The number of amides is 1. The van der Waals surface area contributed by atoms with Gasteiger partial charge in [0.15, 0.2) is 0 Å². The number of hydrogen-bond donors (Lipinski definition) is 2. The van der Waals surface area contributed by atoms with Crippen LogP contribution in [-0.4, -0.2) is 27.1 Å². The second-order valence-corrected chi connectivity index (χ2v) is 6.88. The Morgan fingerprint density at radius 3 is 2.68 bits per heavy atom. The highest BCUT2D eigenvalue weighted by atomic mass is 35.5. The molecule has 104 valence electrons. The summed E-state index contributed by atoms with van der Waals surface area (Å²) in [5.41, 5.74) is 0.597. The Bertz CT molecular complexity index is 597. The number of benzene rings is 1. The minimum atomic E-state index is -3.42. The second-order valence-electron chi connectivity index (χ2n) is 4.72. The van der Waals surface area contributed by atoms with Crippen molar-refractivity contribution < 1.29 is 13.2 Å². The summed E-state index contributed by atoms with van der Waals surface area (Å²) in [7, 11) is -3.42. The number of nitrogens with one attached hydrogen (secondary N) is 2. The quantitative estimate of drug-likeness (QED) is 0.871. The van der Waals surface area contributed by atoms with Gasteiger partial charge in [-0.1, -0.05) is 11.6 Å². The zero-order valence-corrected chi connectivity index (χ0v) is 12.0. The lowest BCUT2D eigenvalue weighted by molar-refractivity contribution is 0.0952. The van der Waals surface area contributed by atoms with E-state index in [2.05, 4.69) is 10.0 Å². The van der Waals surface area contributed by atoms with Gasteiger partial charge in [-0.15, -0.1) is 0 Å². The molecule has 0 unspecified atom stereocenters. The summed E-state index contributed by atoms with van der Waals surface area (Å²) in [5.74, 6) is 0.366. The van der Waals surface area contributed by atoms with Gasteiger partial charge in [0.25, 0.3) is 5.91 Å². The number of anilines is 1. The molecule has 2 N–H and O–H groups in total. The first kappa shape index (κ1) is 14.1. The van der Waals surface area contributed by atoms with E-state index < -0.39 is 10.0 Å². The van der Waals surface area contributed by atoms with Gasteiger partial charge in [-0.05, 0) is 37.0 Å². The zero-order chi connectivity index (χ0) is 14.0. The van der Waals surface area contributed by atoms with E-state index in [1.54, 1.807) is 6.07 Å². The molecule has 0 aromatic heterocycles. The van der Waals surface area contributed by atoms with Crippen LogP contribution in [0.2, 0.25) is 5.02 Å². The van der Waals surface area contributed by atoms with Crippen molar-refractivity contribution >= 4 is 33.2 Å². The van der Waals surface area contributed by atoms with Gasteiger partial charge >= 0.3 is 0 Å². The second kappa shape index (κ2) is 5.38. The number of carbonyl (C=O) groups is 1. The monoisotopic (exact) mass is 302 g/mol. The van der Waals surface area contributed by atoms with E-state index in [9.17, 15) is 13.2 Å². The molecule has 0 atom stereocenters. The van der Waals surface area contributed by atoms with Crippen LogP contribution in [0.1, 0.15) is 23.2 Å². The third kappa shape index (κ3) is 4.40. The van der Waals surface area contributed by atoms with Crippen LogP contribution >= 0.6 is 11.6 Å². The largest absolute Gasteiger partial charge is 0.352 e. The predicted molar refractivity (Wildman–Crippen MR) is 75.0 cm³/mol. The molecule has 1 fully saturated rings. The Balaban J connectivity index is 2.12. The standard InChI is InChI=1S/C12H15ClN2O3S/c1-19(17,18)15-11-6-9(4-5-10(11)13)12(16)14-7-8-2-3-8/h4-6,8,15H,2-3,7H2,1H3,(H,14,16). The topological polar surface area (TPSA) is 75.3 Å². The zero-order valence-electron chi connectivity index (χ0n) is 10.4. The first-order valence-electron chi connectivity index (χ1n) is 5.91. The summed E-state index contributed by atoms with van der Waals surface area (Å²) in [6.45, 7) is 0.663. The van der Waals surface area contributed by atoms with Gasteiger partial charge in [0.1, 0.15) is 0 Å². The molecule has 0 aliphatic heterocycles. The summed E-state index contributed by atoms with van der Waals surface area (Å²) in [6, 6.07) is 4.50. The lowest BCUT2D eigenvalue weighted by atomic mass is 10.2. The Morgan fingerprint density at radius 1 is 1.42 bits per heavy atom. The molecule has 5 nitrogen and oxygen atoms in total. The fraction of sp³-hybridized carbons (Fsp3) is 0.417. The van der Waals surface area contributed by atoms with Crippen LogP contribution in [0.5, 0.6) is 0 Å². The summed E-state index contributed by atoms with van der Waals surface area (Å²) in [4.78, 5) is 11.9. The highest BCUT2D eigenvalue weighted by Gasteiger charge is 2.22. The molecule has 1 aliphatic carbocycles. The normalized spacial score (nSPS) is 15.1. The fourth-order valence-corrected chi connectivity index (χ4v) is 2.39. The first-order chi connectivity index (χ1) is 8.85. The van der Waals surface area contributed by atoms with Crippen LogP contribution < -0.4 is 10.0 Å². The Morgan fingerprint density at radius 2 is 2.11 bits per heavy atom. The van der Waals surface area contributed by atoms with E-state index in [-0.39, 0.29) is 16.6 Å². The van der Waals surface area contributed by atoms with Crippen LogP contribution in [0.25, 0.3) is 0 Å². The SMILES string of the molecule is CS(=O)(=O)Nc1cc(C(=O)NCC2CC2)ccc1Cl. The fourth-order valence-electron chi connectivity index (χ4n) is 1.61. The molecule has 0 bridgehead atoms. The van der Waals surface area contributed by atoms with Crippen molar-refractivity contribution in [1.82, 2.24) is 5.32 Å². The minimum absolute atomic E-state index is 0.211. The minimum Gasteiger partial charge on any atom is -0.352 e. The van der Waals surface area contributed by atoms with Crippen LogP contribution in [0.4, 0.5) is 5.69 Å². The van der Waals surface area contributed by atoms with Gasteiger partial charge in [-0.25, -0.2) is 8.42 Å². The molecule has 7 heteroatoms. The van der Waals surface area contributed by atoms with Crippen molar-refractivity contribution in [2.45, 2.75) is 12.8 Å². The Labute approximate surface area is 117 Å². The summed E-state index contributed by atoms with van der Waals surface area (Å²) in [6.07, 6.45) is 3.34. The summed E-state index contributed by atoms with van der Waals surface area (Å²) < 4.78 is 24.7. The number of sulfonamides is 1. The summed E-state index contributed by atoms with van der Waals surface area (Å²) >= 11 is 5.89. The molecule has 2 rings (SSSR count). The van der Waals surface area contributed by atoms with Gasteiger partial charge in [-0.2, -0.15) is 0 Å². The molecule has 0 spiro atoms. The van der Waals surface area contributed by atoms with E-state index in [0.29, 0.717) is 18.0 Å². The maximum atomic E-state index is 11.9. The van der Waals surface area contributed by atoms with E-state index in [4.69, 9.17) is 11.6 Å². The van der Waals surface area contributed by atoms with Crippen LogP contribution in [0, 0.1) is 5.92 Å². The Kier molecular flexibility index (Phi) is 4.01. The lowest BCUT2D eigenvalue weighted by Gasteiger charge is -2.09. The van der Waals surface area contributed by atoms with E-state index >= 15 is 0 Å². The third-order valence-corrected chi connectivity index (χ3v) is 3.69.